The van der Waals surface area contributed by atoms with Crippen molar-refractivity contribution in [3.63, 3.8) is 0 Å². The van der Waals surface area contributed by atoms with E-state index in [1.807, 2.05) is 6.07 Å². The van der Waals surface area contributed by atoms with Crippen LogP contribution in [0.5, 0.6) is 0 Å². The van der Waals surface area contributed by atoms with Gasteiger partial charge >= 0.3 is 0 Å². The normalized spacial score (nSPS) is 19.7. The number of ether oxygens (including phenoxy) is 1. The number of piperidine rings is 1. The first-order chi connectivity index (χ1) is 9.24. The Balaban J connectivity index is 2.08. The van der Waals surface area contributed by atoms with Crippen molar-refractivity contribution in [1.82, 2.24) is 0 Å². The van der Waals surface area contributed by atoms with Crippen molar-refractivity contribution in [2.75, 3.05) is 24.6 Å². The van der Waals surface area contributed by atoms with Crippen LogP contribution in [0.1, 0.15) is 31.7 Å². The molecule has 2 rings (SSSR count). The fourth-order valence-corrected chi connectivity index (χ4v) is 2.60. The van der Waals surface area contributed by atoms with Gasteiger partial charge < -0.3 is 15.4 Å². The quantitative estimate of drug-likeness (QED) is 0.890. The highest BCUT2D eigenvalue weighted by molar-refractivity contribution is 5.54. The van der Waals surface area contributed by atoms with Gasteiger partial charge in [-0.25, -0.2) is 4.39 Å². The van der Waals surface area contributed by atoms with Gasteiger partial charge in [0.1, 0.15) is 5.82 Å². The molecule has 1 unspecified atom stereocenters. The number of nitrogens with two attached hydrogens (primary N) is 1. The second-order valence-electron chi connectivity index (χ2n) is 5.06. The van der Waals surface area contributed by atoms with Crippen molar-refractivity contribution < 1.29 is 9.13 Å². The molecule has 0 bridgehead atoms. The van der Waals surface area contributed by atoms with Crippen LogP contribution in [0, 0.1) is 5.82 Å². The standard InChI is InChI=1S/C15H23FN2O/c1-2-8-19-14-4-3-7-18(11-14)15-6-5-13(16)9-12(15)10-17/h5-6,9,14H,2-4,7-8,10-11,17H2,1H3. The van der Waals surface area contributed by atoms with Crippen LogP contribution in [-0.4, -0.2) is 25.8 Å². The van der Waals surface area contributed by atoms with E-state index in [4.69, 9.17) is 10.5 Å². The SMILES string of the molecule is CCCOC1CCCN(c2ccc(F)cc2CN)C1. The lowest BCUT2D eigenvalue weighted by Crippen LogP contribution is -2.40. The average molecular weight is 266 g/mol. The fourth-order valence-electron chi connectivity index (χ4n) is 2.60. The monoisotopic (exact) mass is 266 g/mol. The van der Waals surface area contributed by atoms with E-state index in [9.17, 15) is 4.39 Å². The number of hydrogen-bond acceptors (Lipinski definition) is 3. The third-order valence-corrected chi connectivity index (χ3v) is 3.54. The van der Waals surface area contributed by atoms with E-state index < -0.39 is 0 Å². The average Bonchev–Trinajstić information content (AvgIpc) is 2.45. The molecule has 4 heteroatoms. The van der Waals surface area contributed by atoms with Crippen molar-refractivity contribution in [3.8, 4) is 0 Å². The summed E-state index contributed by atoms with van der Waals surface area (Å²) in [7, 11) is 0. The summed E-state index contributed by atoms with van der Waals surface area (Å²) in [5.74, 6) is -0.222. The van der Waals surface area contributed by atoms with Gasteiger partial charge in [0.15, 0.2) is 0 Å². The summed E-state index contributed by atoms with van der Waals surface area (Å²) >= 11 is 0. The molecule has 0 amide bonds. The zero-order chi connectivity index (χ0) is 13.7. The number of nitrogens with zero attached hydrogens (tertiary/aromatic N) is 1. The second-order valence-corrected chi connectivity index (χ2v) is 5.06. The van der Waals surface area contributed by atoms with Crippen LogP contribution in [0.2, 0.25) is 0 Å². The van der Waals surface area contributed by atoms with Crippen LogP contribution >= 0.6 is 0 Å². The third kappa shape index (κ3) is 3.67. The predicted molar refractivity (Wildman–Crippen MR) is 75.8 cm³/mol. The third-order valence-electron chi connectivity index (χ3n) is 3.54. The first-order valence-corrected chi connectivity index (χ1v) is 7.09. The molecule has 2 N–H and O–H groups in total. The van der Waals surface area contributed by atoms with Crippen LogP contribution < -0.4 is 10.6 Å². The van der Waals surface area contributed by atoms with Gasteiger partial charge in [0.25, 0.3) is 0 Å². The minimum atomic E-state index is -0.222. The summed E-state index contributed by atoms with van der Waals surface area (Å²) in [6.45, 7) is 5.16. The van der Waals surface area contributed by atoms with Crippen molar-refractivity contribution in [3.05, 3.63) is 29.6 Å². The smallest absolute Gasteiger partial charge is 0.123 e. The lowest BCUT2D eigenvalue weighted by molar-refractivity contribution is 0.0440. The molecule has 19 heavy (non-hydrogen) atoms. The molecule has 1 fully saturated rings. The molecule has 0 aliphatic carbocycles. The Hall–Kier alpha value is -1.13. The van der Waals surface area contributed by atoms with Gasteiger partial charge in [-0.15, -0.1) is 0 Å². The van der Waals surface area contributed by atoms with Crippen LogP contribution in [0.3, 0.4) is 0 Å². The highest BCUT2D eigenvalue weighted by atomic mass is 19.1. The molecular weight excluding hydrogens is 243 g/mol. The molecule has 3 nitrogen and oxygen atoms in total. The molecule has 106 valence electrons. The Morgan fingerprint density at radius 1 is 1.47 bits per heavy atom. The number of hydrogen-bond donors (Lipinski definition) is 1. The molecule has 1 aliphatic rings. The van der Waals surface area contributed by atoms with Crippen molar-refractivity contribution in [2.24, 2.45) is 5.73 Å². The topological polar surface area (TPSA) is 38.5 Å². The lowest BCUT2D eigenvalue weighted by atomic mass is 10.0. The van der Waals surface area contributed by atoms with Crippen molar-refractivity contribution >= 4 is 5.69 Å². The predicted octanol–water partition coefficient (Wildman–Crippen LogP) is 2.68. The Kier molecular flexibility index (Phi) is 5.16. The Bertz CT molecular complexity index is 411. The maximum atomic E-state index is 13.2. The molecule has 0 radical (unpaired) electrons. The van der Waals surface area contributed by atoms with Crippen LogP contribution in [0.15, 0.2) is 18.2 Å². The molecule has 1 heterocycles. The molecule has 1 atom stereocenters. The van der Waals surface area contributed by atoms with E-state index in [-0.39, 0.29) is 11.9 Å². The van der Waals surface area contributed by atoms with Crippen LogP contribution in [0.4, 0.5) is 10.1 Å². The summed E-state index contributed by atoms with van der Waals surface area (Å²) in [4.78, 5) is 2.27. The fraction of sp³-hybridized carbons (Fsp3) is 0.600. The van der Waals surface area contributed by atoms with Crippen LogP contribution in [0.25, 0.3) is 0 Å². The van der Waals surface area contributed by atoms with Gasteiger partial charge in [0.05, 0.1) is 6.10 Å². The number of anilines is 1. The molecular formula is C15H23FN2O. The van der Waals surface area contributed by atoms with Gasteiger partial charge in [-0.3, -0.25) is 0 Å². The molecule has 1 aromatic rings. The van der Waals surface area contributed by atoms with Gasteiger partial charge in [-0.05, 0) is 43.0 Å². The summed E-state index contributed by atoms with van der Waals surface area (Å²) < 4.78 is 19.1. The first-order valence-electron chi connectivity index (χ1n) is 7.09. The van der Waals surface area contributed by atoms with E-state index in [0.717, 1.165) is 50.2 Å². The summed E-state index contributed by atoms with van der Waals surface area (Å²) in [5.41, 5.74) is 7.64. The first kappa shape index (κ1) is 14.3. The van der Waals surface area contributed by atoms with Crippen LogP contribution in [-0.2, 0) is 11.3 Å². The lowest BCUT2D eigenvalue weighted by Gasteiger charge is -2.35. The van der Waals surface area contributed by atoms with E-state index >= 15 is 0 Å². The van der Waals surface area contributed by atoms with Crippen molar-refractivity contribution in [1.29, 1.82) is 0 Å². The maximum absolute atomic E-state index is 13.2. The van der Waals surface area contributed by atoms with E-state index in [1.165, 1.54) is 12.1 Å². The second kappa shape index (κ2) is 6.87. The highest BCUT2D eigenvalue weighted by Gasteiger charge is 2.22. The number of benzene rings is 1. The summed E-state index contributed by atoms with van der Waals surface area (Å²) in [5, 5.41) is 0. The highest BCUT2D eigenvalue weighted by Crippen LogP contribution is 2.25. The Morgan fingerprint density at radius 3 is 3.05 bits per heavy atom. The molecule has 1 aromatic carbocycles. The van der Waals surface area contributed by atoms with E-state index in [1.54, 1.807) is 0 Å². The van der Waals surface area contributed by atoms with E-state index in [2.05, 4.69) is 11.8 Å². The summed E-state index contributed by atoms with van der Waals surface area (Å²) in [6, 6.07) is 4.87. The minimum Gasteiger partial charge on any atom is -0.376 e. The molecule has 1 saturated heterocycles. The van der Waals surface area contributed by atoms with Gasteiger partial charge in [0, 0.05) is 31.9 Å². The molecule has 1 aliphatic heterocycles. The molecule has 0 aromatic heterocycles. The van der Waals surface area contributed by atoms with Crippen molar-refractivity contribution in [2.45, 2.75) is 38.8 Å². The largest absolute Gasteiger partial charge is 0.376 e. The Morgan fingerprint density at radius 2 is 2.32 bits per heavy atom. The minimum absolute atomic E-state index is 0.222. The van der Waals surface area contributed by atoms with E-state index in [0.29, 0.717) is 6.54 Å². The zero-order valence-corrected chi connectivity index (χ0v) is 11.6. The van der Waals surface area contributed by atoms with Gasteiger partial charge in [-0.1, -0.05) is 6.92 Å². The molecule has 0 spiro atoms. The number of halogens is 1. The number of rotatable bonds is 5. The Labute approximate surface area is 114 Å². The zero-order valence-electron chi connectivity index (χ0n) is 11.6. The van der Waals surface area contributed by atoms with Gasteiger partial charge in [-0.2, -0.15) is 0 Å². The maximum Gasteiger partial charge on any atom is 0.123 e. The summed E-state index contributed by atoms with van der Waals surface area (Å²) in [6.07, 6.45) is 3.54. The molecule has 0 saturated carbocycles. The van der Waals surface area contributed by atoms with Gasteiger partial charge in [0.2, 0.25) is 0 Å².